The van der Waals surface area contributed by atoms with E-state index in [1.807, 2.05) is 53.5 Å². The van der Waals surface area contributed by atoms with E-state index in [1.54, 1.807) is 12.3 Å². The molecule has 0 aliphatic carbocycles. The van der Waals surface area contributed by atoms with Crippen molar-refractivity contribution in [3.8, 4) is 0 Å². The monoisotopic (exact) mass is 445 g/mol. The topological polar surface area (TPSA) is 54.8 Å². The zero-order valence-corrected chi connectivity index (χ0v) is 17.8. The average Bonchev–Trinajstić information content (AvgIpc) is 3.37. The minimum Gasteiger partial charge on any atom is -0.461 e. The Labute approximate surface area is 182 Å². The van der Waals surface area contributed by atoms with Gasteiger partial charge < -0.3 is 4.74 Å². The number of carbonyl (C=O) groups excluding carboxylic acids is 1. The zero-order chi connectivity index (χ0) is 20.4. The van der Waals surface area contributed by atoms with Gasteiger partial charge in [0, 0.05) is 21.8 Å². The molecule has 2 aromatic carbocycles. The number of ether oxygens (including phenoxy) is 1. The number of hydrogen-bond acceptors (Lipinski definition) is 6. The molecule has 0 radical (unpaired) electrons. The molecule has 29 heavy (non-hydrogen) atoms. The van der Waals surface area contributed by atoms with Crippen molar-refractivity contribution in [1.82, 2.24) is 4.98 Å². The van der Waals surface area contributed by atoms with Gasteiger partial charge >= 0.3 is 5.97 Å². The molecule has 2 heterocycles. The molecule has 1 atom stereocenters. The highest BCUT2D eigenvalue weighted by Gasteiger charge is 2.32. The summed E-state index contributed by atoms with van der Waals surface area (Å²) >= 11 is 13.5. The van der Waals surface area contributed by atoms with Crippen molar-refractivity contribution in [3.05, 3.63) is 80.8 Å². The molecule has 0 saturated carbocycles. The van der Waals surface area contributed by atoms with Gasteiger partial charge in [-0.25, -0.2) is 14.8 Å². The van der Waals surface area contributed by atoms with Gasteiger partial charge in [0.05, 0.1) is 18.4 Å². The summed E-state index contributed by atoms with van der Waals surface area (Å²) in [4.78, 5) is 16.5. The van der Waals surface area contributed by atoms with E-state index in [9.17, 15) is 4.79 Å². The lowest BCUT2D eigenvalue weighted by Crippen LogP contribution is -2.18. The van der Waals surface area contributed by atoms with Crippen molar-refractivity contribution in [2.24, 2.45) is 5.10 Å². The van der Waals surface area contributed by atoms with Crippen LogP contribution in [-0.4, -0.2) is 23.3 Å². The Bertz CT molecular complexity index is 1050. The van der Waals surface area contributed by atoms with Crippen LogP contribution in [0.15, 0.2) is 59.0 Å². The van der Waals surface area contributed by atoms with Gasteiger partial charge in [-0.1, -0.05) is 47.5 Å². The van der Waals surface area contributed by atoms with E-state index in [4.69, 9.17) is 33.0 Å². The highest BCUT2D eigenvalue weighted by Crippen LogP contribution is 2.38. The summed E-state index contributed by atoms with van der Waals surface area (Å²) in [6.07, 6.45) is 0.692. The van der Waals surface area contributed by atoms with Gasteiger partial charge in [-0.2, -0.15) is 5.10 Å². The number of benzene rings is 2. The van der Waals surface area contributed by atoms with Gasteiger partial charge in [-0.15, -0.1) is 11.3 Å². The van der Waals surface area contributed by atoms with E-state index in [1.165, 1.54) is 11.3 Å². The fraction of sp³-hybridized carbons (Fsp3) is 0.190. The van der Waals surface area contributed by atoms with E-state index in [2.05, 4.69) is 4.98 Å². The molecule has 4 rings (SSSR count). The Hall–Kier alpha value is -2.41. The maximum atomic E-state index is 12.0. The molecule has 0 spiro atoms. The van der Waals surface area contributed by atoms with Crippen molar-refractivity contribution in [2.45, 2.75) is 19.4 Å². The number of aromatic nitrogens is 1. The molecule has 1 aliphatic heterocycles. The second-order valence-electron chi connectivity index (χ2n) is 6.41. The fourth-order valence-electron chi connectivity index (χ4n) is 3.12. The molecule has 0 bridgehead atoms. The van der Waals surface area contributed by atoms with Gasteiger partial charge in [0.2, 0.25) is 5.13 Å². The minimum absolute atomic E-state index is 0.0564. The summed E-state index contributed by atoms with van der Waals surface area (Å²) in [6, 6.07) is 15.2. The number of esters is 1. The van der Waals surface area contributed by atoms with Crippen LogP contribution in [0.5, 0.6) is 0 Å². The van der Waals surface area contributed by atoms with Crippen molar-refractivity contribution >= 4 is 51.4 Å². The molecule has 3 aromatic rings. The molecule has 0 amide bonds. The van der Waals surface area contributed by atoms with Crippen molar-refractivity contribution < 1.29 is 9.53 Å². The number of rotatable bonds is 5. The number of hydrogen-bond donors (Lipinski definition) is 0. The molecule has 148 valence electrons. The van der Waals surface area contributed by atoms with E-state index in [-0.39, 0.29) is 11.7 Å². The first-order valence-electron chi connectivity index (χ1n) is 9.06. The summed E-state index contributed by atoms with van der Waals surface area (Å²) in [5.41, 5.74) is 3.28. The molecule has 0 saturated heterocycles. The van der Waals surface area contributed by atoms with Crippen molar-refractivity contribution in [2.75, 3.05) is 11.6 Å². The molecule has 0 fully saturated rings. The molecular formula is C21H17Cl2N3O2S. The minimum atomic E-state index is -0.431. The molecule has 1 unspecified atom stereocenters. The maximum absolute atomic E-state index is 12.0. The lowest BCUT2D eigenvalue weighted by molar-refractivity contribution is 0.0520. The second kappa shape index (κ2) is 8.53. The van der Waals surface area contributed by atoms with Crippen molar-refractivity contribution in [1.29, 1.82) is 0 Å². The van der Waals surface area contributed by atoms with E-state index < -0.39 is 5.97 Å². The van der Waals surface area contributed by atoms with Crippen LogP contribution in [-0.2, 0) is 4.74 Å². The maximum Gasteiger partial charge on any atom is 0.357 e. The summed E-state index contributed by atoms with van der Waals surface area (Å²) in [6.45, 7) is 2.08. The highest BCUT2D eigenvalue weighted by atomic mass is 35.5. The van der Waals surface area contributed by atoms with E-state index in [0.29, 0.717) is 28.2 Å². The molecule has 8 heteroatoms. The molecule has 0 N–H and O–H groups in total. The molecular weight excluding hydrogens is 429 g/mol. The van der Waals surface area contributed by atoms with E-state index in [0.717, 1.165) is 16.8 Å². The van der Waals surface area contributed by atoms with Crippen LogP contribution in [0.2, 0.25) is 10.0 Å². The summed E-state index contributed by atoms with van der Waals surface area (Å²) in [5, 5.41) is 10.4. The first-order valence-corrected chi connectivity index (χ1v) is 10.7. The molecule has 1 aliphatic rings. The summed E-state index contributed by atoms with van der Waals surface area (Å²) in [7, 11) is 0. The van der Waals surface area contributed by atoms with E-state index >= 15 is 0 Å². The third-order valence-corrected chi connectivity index (χ3v) is 5.85. The first kappa shape index (κ1) is 19.9. The van der Waals surface area contributed by atoms with Crippen LogP contribution in [0.25, 0.3) is 0 Å². The zero-order valence-electron chi connectivity index (χ0n) is 15.5. The Morgan fingerprint density at radius 2 is 1.79 bits per heavy atom. The fourth-order valence-corrected chi connectivity index (χ4v) is 4.16. The molecule has 5 nitrogen and oxygen atoms in total. The van der Waals surface area contributed by atoms with Gasteiger partial charge in [-0.3, -0.25) is 0 Å². The Morgan fingerprint density at radius 3 is 2.45 bits per heavy atom. The van der Waals surface area contributed by atoms with Crippen LogP contribution in [0, 0.1) is 0 Å². The lowest BCUT2D eigenvalue weighted by atomic mass is 9.99. The van der Waals surface area contributed by atoms with Gasteiger partial charge in [0.15, 0.2) is 5.69 Å². The molecule has 1 aromatic heterocycles. The standard InChI is InChI=1S/C21H17Cl2N3O2S/c1-2-28-20(27)18-12-29-21(24-18)26-19(14-5-9-16(23)10-6-14)11-17(25-26)13-3-7-15(22)8-4-13/h3-10,12,19H,2,11H2,1H3. The Balaban J connectivity index is 1.70. The quantitative estimate of drug-likeness (QED) is 0.453. The number of hydrazone groups is 1. The SMILES string of the molecule is CCOC(=O)c1csc(N2N=C(c3ccc(Cl)cc3)CC2c2ccc(Cl)cc2)n1. The van der Waals surface area contributed by atoms with Gasteiger partial charge in [0.25, 0.3) is 0 Å². The van der Waals surface area contributed by atoms with Gasteiger partial charge in [0.1, 0.15) is 0 Å². The number of halogens is 2. The Kier molecular flexibility index (Phi) is 5.85. The smallest absolute Gasteiger partial charge is 0.357 e. The van der Waals surface area contributed by atoms with Crippen LogP contribution in [0.4, 0.5) is 5.13 Å². The number of thiazole rings is 1. The summed E-state index contributed by atoms with van der Waals surface area (Å²) < 4.78 is 5.05. The first-order chi connectivity index (χ1) is 14.0. The van der Waals surface area contributed by atoms with Gasteiger partial charge in [-0.05, 0) is 42.3 Å². The number of carbonyl (C=O) groups is 1. The largest absolute Gasteiger partial charge is 0.461 e. The highest BCUT2D eigenvalue weighted by molar-refractivity contribution is 7.13. The lowest BCUT2D eigenvalue weighted by Gasteiger charge is -2.21. The third kappa shape index (κ3) is 4.29. The predicted molar refractivity (Wildman–Crippen MR) is 117 cm³/mol. The second-order valence-corrected chi connectivity index (χ2v) is 8.11. The predicted octanol–water partition coefficient (Wildman–Crippen LogP) is 5.98. The number of anilines is 1. The Morgan fingerprint density at radius 1 is 1.14 bits per heavy atom. The van der Waals surface area contributed by atoms with Crippen LogP contribution >= 0.6 is 34.5 Å². The summed E-state index contributed by atoms with van der Waals surface area (Å²) in [5.74, 6) is -0.431. The van der Waals surface area contributed by atoms with Crippen LogP contribution < -0.4 is 5.01 Å². The number of nitrogens with zero attached hydrogens (tertiary/aromatic N) is 3. The van der Waals surface area contributed by atoms with Crippen LogP contribution in [0.1, 0.15) is 41.0 Å². The average molecular weight is 446 g/mol. The third-order valence-electron chi connectivity index (χ3n) is 4.52. The van der Waals surface area contributed by atoms with Crippen LogP contribution in [0.3, 0.4) is 0 Å². The van der Waals surface area contributed by atoms with Crippen molar-refractivity contribution in [3.63, 3.8) is 0 Å². The normalized spacial score (nSPS) is 16.0.